The second kappa shape index (κ2) is 7.68. The number of carbonyl (C=O) groups is 1. The molecule has 1 saturated carbocycles. The summed E-state index contributed by atoms with van der Waals surface area (Å²) in [6.07, 6.45) is -1.34. The van der Waals surface area contributed by atoms with Crippen LogP contribution in [0.25, 0.3) is 11.1 Å². The van der Waals surface area contributed by atoms with E-state index in [9.17, 15) is 15.0 Å². The fourth-order valence-electron chi connectivity index (χ4n) is 3.20. The number of benzene rings is 2. The van der Waals surface area contributed by atoms with Crippen molar-refractivity contribution in [3.63, 3.8) is 0 Å². The fraction of sp³-hybridized carbons (Fsp3) is 0.227. The molecule has 0 radical (unpaired) electrons. The zero-order chi connectivity index (χ0) is 18.7. The first-order chi connectivity index (χ1) is 12.5. The van der Waals surface area contributed by atoms with E-state index in [1.165, 1.54) is 0 Å². The molecule has 4 nitrogen and oxygen atoms in total. The first-order valence-electron chi connectivity index (χ1n) is 8.52. The summed E-state index contributed by atoms with van der Waals surface area (Å²) in [5, 5.41) is 19.7. The normalized spacial score (nSPS) is 22.2. The Hall–Kier alpha value is -2.69. The summed E-state index contributed by atoms with van der Waals surface area (Å²) in [5.74, 6) is -0.462. The Balaban J connectivity index is 1.60. The third kappa shape index (κ3) is 3.77. The molecule has 1 aliphatic rings. The van der Waals surface area contributed by atoms with Gasteiger partial charge >= 0.3 is 0 Å². The van der Waals surface area contributed by atoms with E-state index < -0.39 is 18.1 Å². The van der Waals surface area contributed by atoms with E-state index in [1.807, 2.05) is 42.5 Å². The number of rotatable bonds is 6. The summed E-state index contributed by atoms with van der Waals surface area (Å²) in [6, 6.07) is 17.3. The largest absolute Gasteiger partial charge is 0.490 e. The topological polar surface area (TPSA) is 66.8 Å². The maximum absolute atomic E-state index is 12.3. The summed E-state index contributed by atoms with van der Waals surface area (Å²) in [6.45, 7) is 7.39. The van der Waals surface area contributed by atoms with Gasteiger partial charge in [-0.25, -0.2) is 0 Å². The molecular formula is C22H22O4. The maximum Gasteiger partial charge on any atom is 0.200 e. The zero-order valence-electron chi connectivity index (χ0n) is 14.5. The highest BCUT2D eigenvalue weighted by Crippen LogP contribution is 2.35. The predicted octanol–water partition coefficient (Wildman–Crippen LogP) is 3.36. The van der Waals surface area contributed by atoms with Crippen LogP contribution in [0.5, 0.6) is 0 Å². The number of aliphatic hydroxyl groups excluding tert-OH is 2. The van der Waals surface area contributed by atoms with Crippen LogP contribution in [0.3, 0.4) is 0 Å². The second-order valence-electron chi connectivity index (χ2n) is 6.49. The average Bonchev–Trinajstić information content (AvgIpc) is 2.92. The Labute approximate surface area is 153 Å². The molecular weight excluding hydrogens is 328 g/mol. The van der Waals surface area contributed by atoms with Gasteiger partial charge in [-0.2, -0.15) is 0 Å². The molecule has 0 saturated heterocycles. The van der Waals surface area contributed by atoms with E-state index in [0.29, 0.717) is 11.1 Å². The van der Waals surface area contributed by atoms with Gasteiger partial charge in [-0.1, -0.05) is 67.8 Å². The summed E-state index contributed by atoms with van der Waals surface area (Å²) >= 11 is 0. The van der Waals surface area contributed by atoms with Crippen LogP contribution in [0.1, 0.15) is 16.8 Å². The van der Waals surface area contributed by atoms with Gasteiger partial charge in [0, 0.05) is 12.0 Å². The molecule has 0 unspecified atom stereocenters. The van der Waals surface area contributed by atoms with E-state index in [1.54, 1.807) is 12.1 Å². The van der Waals surface area contributed by atoms with Crippen molar-refractivity contribution in [2.45, 2.75) is 18.6 Å². The van der Waals surface area contributed by atoms with Gasteiger partial charge in [0.05, 0.1) is 23.9 Å². The number of ketones is 1. The Morgan fingerprint density at radius 3 is 2.23 bits per heavy atom. The lowest BCUT2D eigenvalue weighted by atomic mass is 10.00. The molecule has 2 N–H and O–H groups in total. The monoisotopic (exact) mass is 350 g/mol. The molecule has 3 atom stereocenters. The average molecular weight is 350 g/mol. The van der Waals surface area contributed by atoms with Crippen LogP contribution in [-0.2, 0) is 4.74 Å². The summed E-state index contributed by atoms with van der Waals surface area (Å²) in [7, 11) is 0. The molecule has 134 valence electrons. The van der Waals surface area contributed by atoms with Crippen molar-refractivity contribution in [3.8, 4) is 11.1 Å². The highest BCUT2D eigenvalue weighted by Gasteiger charge is 2.38. The van der Waals surface area contributed by atoms with Gasteiger partial charge in [0.15, 0.2) is 12.4 Å². The maximum atomic E-state index is 12.3. The van der Waals surface area contributed by atoms with Crippen molar-refractivity contribution in [2.24, 2.45) is 5.92 Å². The third-order valence-corrected chi connectivity index (χ3v) is 4.73. The Morgan fingerprint density at radius 1 is 1.04 bits per heavy atom. The van der Waals surface area contributed by atoms with Crippen LogP contribution in [0, 0.1) is 5.92 Å². The van der Waals surface area contributed by atoms with Crippen LogP contribution in [0.2, 0.25) is 0 Å². The fourth-order valence-corrected chi connectivity index (χ4v) is 3.20. The van der Waals surface area contributed by atoms with Crippen molar-refractivity contribution in [3.05, 3.63) is 84.7 Å². The third-order valence-electron chi connectivity index (χ3n) is 4.73. The standard InChI is InChI=1S/C22H22O4/c1-14-19(23)12-20(24)22(14)15(2)26-13-21(25)18-10-8-17(9-11-18)16-6-4-3-5-7-16/h3-11,19-20,22-24H,1-2,12-13H2/t19-,20+,22-/m1/s1. The van der Waals surface area contributed by atoms with Crippen LogP contribution >= 0.6 is 0 Å². The van der Waals surface area contributed by atoms with Gasteiger partial charge in [0.2, 0.25) is 0 Å². The summed E-state index contributed by atoms with van der Waals surface area (Å²) in [4.78, 5) is 12.3. The first kappa shape index (κ1) is 18.1. The van der Waals surface area contributed by atoms with E-state index in [0.717, 1.165) is 11.1 Å². The zero-order valence-corrected chi connectivity index (χ0v) is 14.5. The highest BCUT2D eigenvalue weighted by atomic mass is 16.5. The Kier molecular flexibility index (Phi) is 5.35. The minimum Gasteiger partial charge on any atom is -0.490 e. The lowest BCUT2D eigenvalue weighted by Crippen LogP contribution is -2.20. The quantitative estimate of drug-likeness (QED) is 0.476. The number of ether oxygens (including phenoxy) is 1. The Bertz CT molecular complexity index is 808. The SMILES string of the molecule is C=C(OCC(=O)c1ccc(-c2ccccc2)cc1)[C@H]1C(=C)[C@H](O)C[C@@H]1O. The number of aliphatic hydroxyl groups is 2. The van der Waals surface area contributed by atoms with Crippen LogP contribution in [0.4, 0.5) is 0 Å². The van der Waals surface area contributed by atoms with E-state index >= 15 is 0 Å². The van der Waals surface area contributed by atoms with Crippen molar-refractivity contribution in [1.82, 2.24) is 0 Å². The van der Waals surface area contributed by atoms with Gasteiger partial charge in [-0.15, -0.1) is 0 Å². The van der Waals surface area contributed by atoms with Gasteiger partial charge in [-0.3, -0.25) is 4.79 Å². The van der Waals surface area contributed by atoms with Crippen molar-refractivity contribution >= 4 is 5.78 Å². The minimum absolute atomic E-state index is 0.171. The van der Waals surface area contributed by atoms with Crippen molar-refractivity contribution in [1.29, 1.82) is 0 Å². The molecule has 2 aromatic rings. The lowest BCUT2D eigenvalue weighted by Gasteiger charge is -2.19. The molecule has 0 heterocycles. The van der Waals surface area contributed by atoms with Gasteiger partial charge in [0.1, 0.15) is 0 Å². The highest BCUT2D eigenvalue weighted by molar-refractivity contribution is 5.97. The van der Waals surface area contributed by atoms with Gasteiger partial charge in [-0.05, 0) is 16.7 Å². The number of hydrogen-bond donors (Lipinski definition) is 2. The van der Waals surface area contributed by atoms with Gasteiger partial charge < -0.3 is 14.9 Å². The summed E-state index contributed by atoms with van der Waals surface area (Å²) < 4.78 is 5.47. The molecule has 2 aromatic carbocycles. The predicted molar refractivity (Wildman–Crippen MR) is 101 cm³/mol. The minimum atomic E-state index is -0.787. The molecule has 3 rings (SSSR count). The van der Waals surface area contributed by atoms with Crippen LogP contribution in [-0.4, -0.2) is 34.8 Å². The smallest absolute Gasteiger partial charge is 0.200 e. The van der Waals surface area contributed by atoms with E-state index in [-0.39, 0.29) is 24.6 Å². The molecule has 4 heteroatoms. The van der Waals surface area contributed by atoms with Crippen molar-refractivity contribution in [2.75, 3.05) is 6.61 Å². The van der Waals surface area contributed by atoms with Gasteiger partial charge in [0.25, 0.3) is 0 Å². The molecule has 0 bridgehead atoms. The van der Waals surface area contributed by atoms with Crippen molar-refractivity contribution < 1.29 is 19.7 Å². The molecule has 1 fully saturated rings. The molecule has 0 aliphatic heterocycles. The molecule has 1 aliphatic carbocycles. The number of carbonyl (C=O) groups excluding carboxylic acids is 1. The lowest BCUT2D eigenvalue weighted by molar-refractivity contribution is 0.0757. The molecule has 0 aromatic heterocycles. The molecule has 0 amide bonds. The number of hydrogen-bond acceptors (Lipinski definition) is 4. The van der Waals surface area contributed by atoms with Crippen LogP contribution < -0.4 is 0 Å². The molecule has 0 spiro atoms. The Morgan fingerprint density at radius 2 is 1.65 bits per heavy atom. The van der Waals surface area contributed by atoms with E-state index in [4.69, 9.17) is 4.74 Å². The summed E-state index contributed by atoms with van der Waals surface area (Å²) in [5.41, 5.74) is 3.14. The van der Waals surface area contributed by atoms with E-state index in [2.05, 4.69) is 13.2 Å². The number of Topliss-reactive ketones (excluding diaryl/α,β-unsaturated/α-hetero) is 1. The first-order valence-corrected chi connectivity index (χ1v) is 8.52. The second-order valence-corrected chi connectivity index (χ2v) is 6.49. The van der Waals surface area contributed by atoms with Crippen LogP contribution in [0.15, 0.2) is 79.1 Å². The molecule has 26 heavy (non-hydrogen) atoms.